The first-order chi connectivity index (χ1) is 9.05. The molecule has 1 atom stereocenters. The molecular weight excluding hydrogens is 282 g/mol. The maximum absolute atomic E-state index is 12.6. The zero-order valence-electron chi connectivity index (χ0n) is 10.5. The molecule has 100 valence electrons. The summed E-state index contributed by atoms with van der Waals surface area (Å²) in [6.45, 7) is 2.37. The Kier molecular flexibility index (Phi) is 2.95. The Morgan fingerprint density at radius 3 is 2.58 bits per heavy atom. The topological polar surface area (TPSA) is 37.4 Å². The Hall–Kier alpha value is -1.26. The van der Waals surface area contributed by atoms with Crippen molar-refractivity contribution in [2.45, 2.75) is 11.8 Å². The van der Waals surface area contributed by atoms with Gasteiger partial charge in [0.2, 0.25) is 0 Å². The Labute approximate surface area is 117 Å². The third kappa shape index (κ3) is 1.82. The van der Waals surface area contributed by atoms with Gasteiger partial charge in [0.05, 0.1) is 10.6 Å². The van der Waals surface area contributed by atoms with Gasteiger partial charge >= 0.3 is 0 Å². The smallest absolute Gasteiger partial charge is 0.265 e. The maximum Gasteiger partial charge on any atom is 0.265 e. The van der Waals surface area contributed by atoms with Crippen LogP contribution in [0.15, 0.2) is 41.3 Å². The largest absolute Gasteiger partial charge is 0.265 e. The highest BCUT2D eigenvalue weighted by Crippen LogP contribution is 2.42. The van der Waals surface area contributed by atoms with Gasteiger partial charge in [-0.3, -0.25) is 4.31 Å². The summed E-state index contributed by atoms with van der Waals surface area (Å²) in [4.78, 5) is 0.405. The van der Waals surface area contributed by atoms with Crippen LogP contribution in [-0.2, 0) is 10.0 Å². The molecule has 1 aliphatic heterocycles. The minimum atomic E-state index is -3.43. The SMILES string of the molecule is CC(CCl)CN1c2cccc3cccc(c23)S1(=O)=O. The standard InChI is InChI=1S/C14H14ClNO2S/c1-10(8-15)9-16-12-6-2-4-11-5-3-7-13(14(11)12)19(16,17)18/h2-7,10H,8-9H2,1H3. The summed E-state index contributed by atoms with van der Waals surface area (Å²) >= 11 is 5.82. The van der Waals surface area contributed by atoms with Gasteiger partial charge in [-0.25, -0.2) is 8.42 Å². The summed E-state index contributed by atoms with van der Waals surface area (Å²) in [5.74, 6) is 0.555. The molecule has 0 radical (unpaired) electrons. The van der Waals surface area contributed by atoms with E-state index in [0.717, 1.165) is 16.5 Å². The predicted molar refractivity (Wildman–Crippen MR) is 78.4 cm³/mol. The van der Waals surface area contributed by atoms with Gasteiger partial charge in [-0.15, -0.1) is 11.6 Å². The van der Waals surface area contributed by atoms with Gasteiger partial charge in [0.15, 0.2) is 0 Å². The Morgan fingerprint density at radius 1 is 1.21 bits per heavy atom. The van der Waals surface area contributed by atoms with Crippen LogP contribution in [0.2, 0.25) is 0 Å². The van der Waals surface area contributed by atoms with Crippen LogP contribution in [0.4, 0.5) is 5.69 Å². The van der Waals surface area contributed by atoms with E-state index in [1.54, 1.807) is 12.1 Å². The first-order valence-corrected chi connectivity index (χ1v) is 8.13. The summed E-state index contributed by atoms with van der Waals surface area (Å²) < 4.78 is 26.7. The molecule has 0 aromatic heterocycles. The van der Waals surface area contributed by atoms with Crippen molar-refractivity contribution in [2.75, 3.05) is 16.7 Å². The van der Waals surface area contributed by atoms with Crippen molar-refractivity contribution in [2.24, 2.45) is 5.92 Å². The number of nitrogens with zero attached hydrogens (tertiary/aromatic N) is 1. The quantitative estimate of drug-likeness (QED) is 0.815. The van der Waals surface area contributed by atoms with E-state index in [1.165, 1.54) is 4.31 Å². The van der Waals surface area contributed by atoms with E-state index in [1.807, 2.05) is 31.2 Å². The van der Waals surface area contributed by atoms with Gasteiger partial charge in [-0.05, 0) is 23.4 Å². The van der Waals surface area contributed by atoms with E-state index in [0.29, 0.717) is 17.3 Å². The van der Waals surface area contributed by atoms with E-state index in [2.05, 4.69) is 0 Å². The molecule has 0 amide bonds. The molecule has 0 fully saturated rings. The number of anilines is 1. The molecule has 0 N–H and O–H groups in total. The number of alkyl halides is 1. The van der Waals surface area contributed by atoms with Gasteiger partial charge in [0, 0.05) is 17.8 Å². The normalized spacial score (nSPS) is 17.9. The molecule has 1 unspecified atom stereocenters. The molecule has 3 rings (SSSR count). The number of benzene rings is 2. The number of sulfonamides is 1. The van der Waals surface area contributed by atoms with Crippen LogP contribution in [0.25, 0.3) is 10.8 Å². The lowest BCUT2D eigenvalue weighted by Gasteiger charge is -2.21. The van der Waals surface area contributed by atoms with Crippen LogP contribution in [0.3, 0.4) is 0 Å². The number of halogens is 1. The fraction of sp³-hybridized carbons (Fsp3) is 0.286. The molecule has 0 saturated heterocycles. The Bertz CT molecular complexity index is 737. The van der Waals surface area contributed by atoms with Crippen molar-refractivity contribution in [1.29, 1.82) is 0 Å². The molecule has 2 aromatic carbocycles. The average Bonchev–Trinajstić information content (AvgIpc) is 2.62. The molecule has 5 heteroatoms. The number of hydrogen-bond acceptors (Lipinski definition) is 2. The average molecular weight is 296 g/mol. The summed E-state index contributed by atoms with van der Waals surface area (Å²) in [5.41, 5.74) is 0.769. The van der Waals surface area contributed by atoms with Gasteiger partial charge in [-0.1, -0.05) is 31.2 Å². The Balaban J connectivity index is 2.24. The molecule has 19 heavy (non-hydrogen) atoms. The minimum Gasteiger partial charge on any atom is -0.265 e. The lowest BCUT2D eigenvalue weighted by Crippen LogP contribution is -2.32. The molecule has 1 heterocycles. The minimum absolute atomic E-state index is 0.112. The lowest BCUT2D eigenvalue weighted by molar-refractivity contribution is 0.582. The van der Waals surface area contributed by atoms with Crippen LogP contribution >= 0.6 is 11.6 Å². The van der Waals surface area contributed by atoms with Crippen LogP contribution in [0, 0.1) is 5.92 Å². The van der Waals surface area contributed by atoms with E-state index >= 15 is 0 Å². The fourth-order valence-corrected chi connectivity index (χ4v) is 4.41. The first kappa shape index (κ1) is 12.8. The molecule has 0 aliphatic carbocycles. The van der Waals surface area contributed by atoms with Crippen molar-refractivity contribution in [3.05, 3.63) is 36.4 Å². The zero-order valence-corrected chi connectivity index (χ0v) is 12.1. The number of rotatable bonds is 3. The van der Waals surface area contributed by atoms with Crippen LogP contribution in [0.1, 0.15) is 6.92 Å². The van der Waals surface area contributed by atoms with Crippen molar-refractivity contribution >= 4 is 38.1 Å². The Morgan fingerprint density at radius 2 is 1.89 bits per heavy atom. The van der Waals surface area contributed by atoms with Gasteiger partial charge in [0.25, 0.3) is 10.0 Å². The lowest BCUT2D eigenvalue weighted by atomic mass is 10.1. The van der Waals surface area contributed by atoms with E-state index in [9.17, 15) is 8.42 Å². The van der Waals surface area contributed by atoms with Gasteiger partial charge < -0.3 is 0 Å². The number of hydrogen-bond donors (Lipinski definition) is 0. The zero-order chi connectivity index (χ0) is 13.6. The molecule has 2 aromatic rings. The van der Waals surface area contributed by atoms with Gasteiger partial charge in [0.1, 0.15) is 0 Å². The first-order valence-electron chi connectivity index (χ1n) is 6.16. The third-order valence-corrected chi connectivity index (χ3v) is 5.77. The maximum atomic E-state index is 12.6. The summed E-state index contributed by atoms with van der Waals surface area (Å²) in [5, 5.41) is 1.78. The highest BCUT2D eigenvalue weighted by Gasteiger charge is 2.35. The highest BCUT2D eigenvalue weighted by atomic mass is 35.5. The molecule has 3 nitrogen and oxygen atoms in total. The fourth-order valence-electron chi connectivity index (χ4n) is 2.49. The van der Waals surface area contributed by atoms with E-state index < -0.39 is 10.0 Å². The van der Waals surface area contributed by atoms with Crippen molar-refractivity contribution in [3.8, 4) is 0 Å². The van der Waals surface area contributed by atoms with Crippen LogP contribution < -0.4 is 4.31 Å². The highest BCUT2D eigenvalue weighted by molar-refractivity contribution is 7.93. The van der Waals surface area contributed by atoms with E-state index in [4.69, 9.17) is 11.6 Å². The van der Waals surface area contributed by atoms with Gasteiger partial charge in [-0.2, -0.15) is 0 Å². The monoisotopic (exact) mass is 295 g/mol. The summed E-state index contributed by atoms with van der Waals surface area (Å²) in [6, 6.07) is 11.1. The third-order valence-electron chi connectivity index (χ3n) is 3.42. The molecule has 1 aliphatic rings. The van der Waals surface area contributed by atoms with E-state index in [-0.39, 0.29) is 5.92 Å². The molecular formula is C14H14ClNO2S. The second-order valence-electron chi connectivity index (χ2n) is 4.93. The van der Waals surface area contributed by atoms with Crippen molar-refractivity contribution in [3.63, 3.8) is 0 Å². The van der Waals surface area contributed by atoms with Crippen molar-refractivity contribution < 1.29 is 8.42 Å². The summed E-state index contributed by atoms with van der Waals surface area (Å²) in [7, 11) is -3.43. The second kappa shape index (κ2) is 4.39. The predicted octanol–water partition coefficient (Wildman–Crippen LogP) is 3.22. The molecule has 0 saturated carbocycles. The molecule has 0 bridgehead atoms. The summed E-state index contributed by atoms with van der Waals surface area (Å²) in [6.07, 6.45) is 0. The van der Waals surface area contributed by atoms with Crippen LogP contribution in [0.5, 0.6) is 0 Å². The molecule has 0 spiro atoms. The van der Waals surface area contributed by atoms with Crippen molar-refractivity contribution in [1.82, 2.24) is 0 Å². The van der Waals surface area contributed by atoms with Crippen LogP contribution in [-0.4, -0.2) is 20.8 Å². The second-order valence-corrected chi connectivity index (χ2v) is 7.07.